The van der Waals surface area contributed by atoms with Gasteiger partial charge >= 0.3 is 0 Å². The van der Waals surface area contributed by atoms with Crippen molar-refractivity contribution in [1.82, 2.24) is 20.0 Å². The number of nitrogens with zero attached hydrogens (tertiary/aromatic N) is 3. The maximum absolute atomic E-state index is 14.0. The molecule has 0 spiro atoms. The normalized spacial score (nSPS) is 11.6. The molecular formula is C14H16FN5. The number of nitrogen functional groups attached to an aromatic ring is 1. The van der Waals surface area contributed by atoms with Gasteiger partial charge in [0.25, 0.3) is 0 Å². The fraction of sp³-hybridized carbons (Fsp3) is 0.286. The molecule has 3 aromatic rings. The minimum atomic E-state index is -0.338. The van der Waals surface area contributed by atoms with E-state index in [0.717, 1.165) is 17.5 Å². The first-order chi connectivity index (χ1) is 9.58. The standard InChI is InChI=1S/C14H16FN5/c1-8(2)7-10-12-13(16)17-18-14(12)20(19-10)11-6-4-3-5-9(11)15/h3-6,8H,7H2,1-2H3,(H3,16,17,18). The molecule has 3 rings (SSSR count). The van der Waals surface area contributed by atoms with Gasteiger partial charge in [0.15, 0.2) is 5.65 Å². The van der Waals surface area contributed by atoms with Crippen molar-refractivity contribution in [3.8, 4) is 5.69 Å². The molecule has 104 valence electrons. The molecule has 0 aliphatic heterocycles. The van der Waals surface area contributed by atoms with Crippen LogP contribution in [0.1, 0.15) is 19.5 Å². The molecule has 0 radical (unpaired) electrons. The van der Waals surface area contributed by atoms with E-state index >= 15 is 0 Å². The number of nitrogens with one attached hydrogen (secondary N) is 1. The lowest BCUT2D eigenvalue weighted by Crippen LogP contribution is -2.03. The Hall–Kier alpha value is -2.37. The third-order valence-electron chi connectivity index (χ3n) is 3.17. The summed E-state index contributed by atoms with van der Waals surface area (Å²) in [6, 6.07) is 6.49. The van der Waals surface area contributed by atoms with Crippen molar-refractivity contribution in [1.29, 1.82) is 0 Å². The zero-order valence-electron chi connectivity index (χ0n) is 11.4. The highest BCUT2D eigenvalue weighted by Gasteiger charge is 2.19. The lowest BCUT2D eigenvalue weighted by atomic mass is 10.1. The second-order valence-corrected chi connectivity index (χ2v) is 5.24. The molecule has 6 heteroatoms. The molecule has 0 fully saturated rings. The summed E-state index contributed by atoms with van der Waals surface area (Å²) in [6.45, 7) is 4.20. The number of hydrogen-bond donors (Lipinski definition) is 2. The number of halogens is 1. The molecule has 5 nitrogen and oxygen atoms in total. The number of fused-ring (bicyclic) bond motifs is 1. The highest BCUT2D eigenvalue weighted by molar-refractivity contribution is 5.90. The monoisotopic (exact) mass is 273 g/mol. The Balaban J connectivity index is 2.24. The van der Waals surface area contributed by atoms with Crippen LogP contribution in [0.3, 0.4) is 0 Å². The van der Waals surface area contributed by atoms with Gasteiger partial charge in [-0.3, -0.25) is 5.10 Å². The smallest absolute Gasteiger partial charge is 0.186 e. The molecular weight excluding hydrogens is 257 g/mol. The Morgan fingerprint density at radius 3 is 2.80 bits per heavy atom. The Bertz CT molecular complexity index is 756. The van der Waals surface area contributed by atoms with Crippen LogP contribution in [0, 0.1) is 11.7 Å². The van der Waals surface area contributed by atoms with E-state index in [0.29, 0.717) is 23.1 Å². The molecule has 0 unspecified atom stereocenters. The van der Waals surface area contributed by atoms with E-state index in [2.05, 4.69) is 29.1 Å². The van der Waals surface area contributed by atoms with E-state index in [9.17, 15) is 4.39 Å². The molecule has 0 saturated heterocycles. The summed E-state index contributed by atoms with van der Waals surface area (Å²) in [5.41, 5.74) is 7.69. The number of benzene rings is 1. The first-order valence-electron chi connectivity index (χ1n) is 6.54. The van der Waals surface area contributed by atoms with Gasteiger partial charge in [-0.15, -0.1) is 0 Å². The summed E-state index contributed by atoms with van der Waals surface area (Å²) in [5.74, 6) is 0.560. The summed E-state index contributed by atoms with van der Waals surface area (Å²) >= 11 is 0. The van der Waals surface area contributed by atoms with E-state index in [1.165, 1.54) is 10.7 Å². The van der Waals surface area contributed by atoms with Gasteiger partial charge in [-0.05, 0) is 24.5 Å². The Kier molecular flexibility index (Phi) is 2.93. The molecule has 0 atom stereocenters. The SMILES string of the molecule is CC(C)Cc1nn(-c2ccccc2F)c2n[nH]c(N)c12. The quantitative estimate of drug-likeness (QED) is 0.770. The Morgan fingerprint density at radius 1 is 1.35 bits per heavy atom. The largest absolute Gasteiger partial charge is 0.383 e. The van der Waals surface area contributed by atoms with Crippen molar-refractivity contribution in [3.63, 3.8) is 0 Å². The second-order valence-electron chi connectivity index (χ2n) is 5.24. The van der Waals surface area contributed by atoms with Crippen LogP contribution in [-0.4, -0.2) is 20.0 Å². The van der Waals surface area contributed by atoms with Gasteiger partial charge < -0.3 is 5.73 Å². The molecule has 0 aliphatic carbocycles. The maximum Gasteiger partial charge on any atom is 0.186 e. The number of aromatic nitrogens is 4. The minimum Gasteiger partial charge on any atom is -0.383 e. The van der Waals surface area contributed by atoms with Crippen LogP contribution in [0.4, 0.5) is 10.2 Å². The first kappa shape index (κ1) is 12.7. The predicted molar refractivity (Wildman–Crippen MR) is 76.1 cm³/mol. The van der Waals surface area contributed by atoms with Crippen molar-refractivity contribution >= 4 is 16.9 Å². The number of H-pyrrole nitrogens is 1. The Labute approximate surface area is 115 Å². The van der Waals surface area contributed by atoms with Gasteiger partial charge in [0.2, 0.25) is 0 Å². The van der Waals surface area contributed by atoms with Crippen LogP contribution in [0.15, 0.2) is 24.3 Å². The Morgan fingerprint density at radius 2 is 2.10 bits per heavy atom. The summed E-state index contributed by atoms with van der Waals surface area (Å²) in [4.78, 5) is 0. The lowest BCUT2D eigenvalue weighted by Gasteiger charge is -2.03. The topological polar surface area (TPSA) is 72.5 Å². The molecule has 1 aromatic carbocycles. The molecule has 0 aliphatic rings. The number of para-hydroxylation sites is 1. The molecule has 2 heterocycles. The average Bonchev–Trinajstić information content (AvgIpc) is 2.92. The van der Waals surface area contributed by atoms with Crippen LogP contribution in [0.2, 0.25) is 0 Å². The van der Waals surface area contributed by atoms with E-state index < -0.39 is 0 Å². The molecule has 0 saturated carbocycles. The van der Waals surface area contributed by atoms with Crippen LogP contribution >= 0.6 is 0 Å². The third kappa shape index (κ3) is 1.93. The van der Waals surface area contributed by atoms with Gasteiger partial charge in [-0.25, -0.2) is 9.07 Å². The molecule has 0 bridgehead atoms. The van der Waals surface area contributed by atoms with Crippen molar-refractivity contribution in [2.45, 2.75) is 20.3 Å². The number of nitrogens with two attached hydrogens (primary N) is 1. The van der Waals surface area contributed by atoms with Gasteiger partial charge in [-0.1, -0.05) is 26.0 Å². The van der Waals surface area contributed by atoms with Crippen molar-refractivity contribution in [2.75, 3.05) is 5.73 Å². The third-order valence-corrected chi connectivity index (χ3v) is 3.17. The van der Waals surface area contributed by atoms with Gasteiger partial charge in [-0.2, -0.15) is 10.2 Å². The zero-order valence-corrected chi connectivity index (χ0v) is 11.4. The summed E-state index contributed by atoms with van der Waals surface area (Å²) < 4.78 is 15.5. The highest BCUT2D eigenvalue weighted by atomic mass is 19.1. The average molecular weight is 273 g/mol. The summed E-state index contributed by atoms with van der Waals surface area (Å²) in [7, 11) is 0. The van der Waals surface area contributed by atoms with Crippen molar-refractivity contribution in [2.24, 2.45) is 5.92 Å². The van der Waals surface area contributed by atoms with Crippen LogP contribution in [0.5, 0.6) is 0 Å². The number of anilines is 1. The lowest BCUT2D eigenvalue weighted by molar-refractivity contribution is 0.604. The van der Waals surface area contributed by atoms with Crippen LogP contribution < -0.4 is 5.73 Å². The van der Waals surface area contributed by atoms with Crippen molar-refractivity contribution in [3.05, 3.63) is 35.8 Å². The van der Waals surface area contributed by atoms with Gasteiger partial charge in [0.1, 0.15) is 17.3 Å². The summed E-state index contributed by atoms with van der Waals surface area (Å²) in [5, 5.41) is 12.2. The van der Waals surface area contributed by atoms with E-state index in [-0.39, 0.29) is 5.82 Å². The number of rotatable bonds is 3. The van der Waals surface area contributed by atoms with Gasteiger partial charge in [0.05, 0.1) is 11.1 Å². The molecule has 0 amide bonds. The fourth-order valence-electron chi connectivity index (χ4n) is 2.32. The van der Waals surface area contributed by atoms with E-state index in [1.807, 2.05) is 0 Å². The predicted octanol–water partition coefficient (Wildman–Crippen LogP) is 2.67. The maximum atomic E-state index is 14.0. The molecule has 3 N–H and O–H groups in total. The first-order valence-corrected chi connectivity index (χ1v) is 6.54. The van der Waals surface area contributed by atoms with Crippen LogP contribution in [0.25, 0.3) is 16.7 Å². The highest BCUT2D eigenvalue weighted by Crippen LogP contribution is 2.27. The zero-order chi connectivity index (χ0) is 14.3. The minimum absolute atomic E-state index is 0.338. The second kappa shape index (κ2) is 4.63. The molecule has 2 aromatic heterocycles. The van der Waals surface area contributed by atoms with E-state index in [4.69, 9.17) is 5.73 Å². The van der Waals surface area contributed by atoms with Crippen LogP contribution in [-0.2, 0) is 6.42 Å². The number of hydrogen-bond acceptors (Lipinski definition) is 3. The summed E-state index contributed by atoms with van der Waals surface area (Å²) in [6.07, 6.45) is 0.766. The van der Waals surface area contributed by atoms with Crippen molar-refractivity contribution < 1.29 is 4.39 Å². The van der Waals surface area contributed by atoms with E-state index in [1.54, 1.807) is 18.2 Å². The fourth-order valence-corrected chi connectivity index (χ4v) is 2.32. The van der Waals surface area contributed by atoms with Gasteiger partial charge in [0, 0.05) is 0 Å². The molecule has 20 heavy (non-hydrogen) atoms. The number of aromatic amines is 1.